The molecule has 0 aliphatic heterocycles. The average molecular weight is 404 g/mol. The van der Waals surface area contributed by atoms with Gasteiger partial charge in [-0.15, -0.1) is 9.81 Å². The Balaban J connectivity index is 2.07. The molecule has 0 unspecified atom stereocenters. The molecule has 3 aromatic rings. The number of hydrogen-bond donors (Lipinski definition) is 2. The van der Waals surface area contributed by atoms with Crippen molar-refractivity contribution in [3.05, 3.63) is 92.7 Å². The van der Waals surface area contributed by atoms with Crippen molar-refractivity contribution in [2.75, 3.05) is 0 Å². The standard InChI is InChI=1S/C24H24N2O4/c1-23(2,19-10-8-17(25-29)13-21(19)27)15-6-5-7-16(12-15)24(3,4)20-11-9-18(26-30)14-22(20)28/h5-14,27-28H,1-4H3. The first-order valence-electron chi connectivity index (χ1n) is 9.56. The van der Waals surface area contributed by atoms with Crippen LogP contribution in [-0.2, 0) is 10.8 Å². The van der Waals surface area contributed by atoms with Gasteiger partial charge in [0.25, 0.3) is 0 Å². The third kappa shape index (κ3) is 3.68. The van der Waals surface area contributed by atoms with Crippen molar-refractivity contribution >= 4 is 11.4 Å². The van der Waals surface area contributed by atoms with Gasteiger partial charge < -0.3 is 10.2 Å². The summed E-state index contributed by atoms with van der Waals surface area (Å²) in [5.41, 5.74) is 2.51. The molecule has 3 rings (SSSR count). The molecular formula is C24H24N2O4. The van der Waals surface area contributed by atoms with Crippen LogP contribution in [0.3, 0.4) is 0 Å². The maximum atomic E-state index is 10.7. The van der Waals surface area contributed by atoms with Gasteiger partial charge in [0.2, 0.25) is 0 Å². The Hall–Kier alpha value is -3.54. The number of rotatable bonds is 6. The van der Waals surface area contributed by atoms with Crippen LogP contribution in [0.1, 0.15) is 49.9 Å². The first-order chi connectivity index (χ1) is 14.1. The Morgan fingerprint density at radius 1 is 0.633 bits per heavy atom. The van der Waals surface area contributed by atoms with Crippen molar-refractivity contribution in [1.82, 2.24) is 0 Å². The summed E-state index contributed by atoms with van der Waals surface area (Å²) in [5.74, 6) is 0.0210. The number of aromatic hydroxyl groups is 2. The second-order valence-electron chi connectivity index (χ2n) is 8.42. The van der Waals surface area contributed by atoms with Crippen molar-refractivity contribution in [1.29, 1.82) is 0 Å². The molecule has 0 saturated carbocycles. The van der Waals surface area contributed by atoms with Gasteiger partial charge in [-0.05, 0) is 33.6 Å². The van der Waals surface area contributed by atoms with Crippen LogP contribution in [0.25, 0.3) is 0 Å². The van der Waals surface area contributed by atoms with Crippen molar-refractivity contribution in [2.45, 2.75) is 38.5 Å². The highest BCUT2D eigenvalue weighted by molar-refractivity contribution is 5.55. The molecule has 2 N–H and O–H groups in total. The van der Waals surface area contributed by atoms with E-state index in [9.17, 15) is 20.0 Å². The fourth-order valence-electron chi connectivity index (χ4n) is 3.82. The Kier molecular flexibility index (Phi) is 5.44. The molecule has 0 fully saturated rings. The molecule has 30 heavy (non-hydrogen) atoms. The molecule has 154 valence electrons. The highest BCUT2D eigenvalue weighted by atomic mass is 16.3. The normalized spacial score (nSPS) is 11.9. The van der Waals surface area contributed by atoms with Crippen LogP contribution in [0.15, 0.2) is 71.0 Å². The van der Waals surface area contributed by atoms with Gasteiger partial charge >= 0.3 is 0 Å². The minimum atomic E-state index is -0.551. The summed E-state index contributed by atoms with van der Waals surface area (Å²) in [6, 6.07) is 17.2. The Morgan fingerprint density at radius 2 is 1.03 bits per heavy atom. The number of phenols is 2. The lowest BCUT2D eigenvalue weighted by molar-refractivity contribution is 0.452. The minimum Gasteiger partial charge on any atom is -0.508 e. The van der Waals surface area contributed by atoms with E-state index < -0.39 is 10.8 Å². The van der Waals surface area contributed by atoms with Crippen LogP contribution in [0.4, 0.5) is 11.4 Å². The third-order valence-corrected chi connectivity index (χ3v) is 5.83. The van der Waals surface area contributed by atoms with Gasteiger partial charge in [0.15, 0.2) is 0 Å². The van der Waals surface area contributed by atoms with Gasteiger partial charge in [0, 0.05) is 34.1 Å². The average Bonchev–Trinajstić information content (AvgIpc) is 2.73. The minimum absolute atomic E-state index is 0.0105. The lowest BCUT2D eigenvalue weighted by atomic mass is 9.73. The number of benzene rings is 3. The molecule has 6 heteroatoms. The van der Waals surface area contributed by atoms with E-state index in [2.05, 4.69) is 10.4 Å². The molecule has 0 aromatic heterocycles. The maximum Gasteiger partial charge on any atom is 0.121 e. The van der Waals surface area contributed by atoms with Crippen LogP contribution in [0, 0.1) is 9.81 Å². The second kappa shape index (κ2) is 7.71. The number of nitrogens with zero attached hydrogens (tertiary/aromatic N) is 2. The van der Waals surface area contributed by atoms with Gasteiger partial charge in [-0.1, -0.05) is 64.1 Å². The molecule has 6 nitrogen and oxygen atoms in total. The van der Waals surface area contributed by atoms with Crippen LogP contribution in [0.5, 0.6) is 11.5 Å². The SMILES string of the molecule is CC(C)(c1cccc(C(C)(C)c2ccc(N=O)cc2O)c1)c1ccc(N=O)cc1O. The summed E-state index contributed by atoms with van der Waals surface area (Å²) in [6.07, 6.45) is 0. The van der Waals surface area contributed by atoms with Gasteiger partial charge in [0.1, 0.15) is 22.9 Å². The Bertz CT molecular complexity index is 1040. The summed E-state index contributed by atoms with van der Waals surface area (Å²) < 4.78 is 0. The topological polar surface area (TPSA) is 99.3 Å². The van der Waals surface area contributed by atoms with E-state index in [0.717, 1.165) is 11.1 Å². The Labute approximate surface area is 175 Å². The van der Waals surface area contributed by atoms with E-state index in [1.807, 2.05) is 52.0 Å². The van der Waals surface area contributed by atoms with Crippen molar-refractivity contribution in [3.63, 3.8) is 0 Å². The molecule has 0 atom stereocenters. The second-order valence-corrected chi connectivity index (χ2v) is 8.42. The Morgan fingerprint density at radius 3 is 1.37 bits per heavy atom. The van der Waals surface area contributed by atoms with Crippen molar-refractivity contribution in [3.8, 4) is 11.5 Å². The van der Waals surface area contributed by atoms with Gasteiger partial charge in [0.05, 0.1) is 0 Å². The molecule has 3 aromatic carbocycles. The van der Waals surface area contributed by atoms with E-state index in [-0.39, 0.29) is 22.9 Å². The summed E-state index contributed by atoms with van der Waals surface area (Å²) in [5, 5.41) is 26.6. The maximum absolute atomic E-state index is 10.7. The molecule has 0 aliphatic carbocycles. The van der Waals surface area contributed by atoms with E-state index >= 15 is 0 Å². The van der Waals surface area contributed by atoms with E-state index in [1.54, 1.807) is 24.3 Å². The van der Waals surface area contributed by atoms with E-state index in [0.29, 0.717) is 11.1 Å². The zero-order valence-electron chi connectivity index (χ0n) is 17.4. The predicted molar refractivity (Wildman–Crippen MR) is 118 cm³/mol. The third-order valence-electron chi connectivity index (χ3n) is 5.83. The van der Waals surface area contributed by atoms with E-state index in [1.165, 1.54) is 12.1 Å². The van der Waals surface area contributed by atoms with Crippen LogP contribution in [0.2, 0.25) is 0 Å². The molecule has 0 heterocycles. The molecular weight excluding hydrogens is 380 g/mol. The molecule has 0 amide bonds. The first-order valence-corrected chi connectivity index (χ1v) is 9.56. The number of hydrogen-bond acceptors (Lipinski definition) is 6. The lowest BCUT2D eigenvalue weighted by Gasteiger charge is -2.31. The van der Waals surface area contributed by atoms with Gasteiger partial charge in [-0.3, -0.25) is 0 Å². The summed E-state index contributed by atoms with van der Waals surface area (Å²) in [7, 11) is 0. The zero-order chi connectivity index (χ0) is 22.1. The lowest BCUT2D eigenvalue weighted by Crippen LogP contribution is -2.23. The van der Waals surface area contributed by atoms with Crippen LogP contribution < -0.4 is 0 Å². The fourth-order valence-corrected chi connectivity index (χ4v) is 3.82. The molecule has 0 bridgehead atoms. The predicted octanol–water partition coefficient (Wildman–Crippen LogP) is 6.55. The smallest absolute Gasteiger partial charge is 0.121 e. The monoisotopic (exact) mass is 404 g/mol. The van der Waals surface area contributed by atoms with E-state index in [4.69, 9.17) is 0 Å². The molecule has 0 spiro atoms. The summed E-state index contributed by atoms with van der Waals surface area (Å²) >= 11 is 0. The van der Waals surface area contributed by atoms with Crippen molar-refractivity contribution < 1.29 is 10.2 Å². The highest BCUT2D eigenvalue weighted by Gasteiger charge is 2.30. The van der Waals surface area contributed by atoms with Crippen LogP contribution in [-0.4, -0.2) is 10.2 Å². The number of phenolic OH excluding ortho intramolecular Hbond substituents is 2. The first kappa shape index (κ1) is 21.2. The fraction of sp³-hybridized carbons (Fsp3) is 0.250. The quantitative estimate of drug-likeness (QED) is 0.455. The summed E-state index contributed by atoms with van der Waals surface area (Å²) in [6.45, 7) is 7.96. The van der Waals surface area contributed by atoms with Gasteiger partial charge in [-0.25, -0.2) is 0 Å². The molecule has 0 saturated heterocycles. The highest BCUT2D eigenvalue weighted by Crippen LogP contribution is 2.42. The molecule has 0 radical (unpaired) electrons. The van der Waals surface area contributed by atoms with Crippen LogP contribution >= 0.6 is 0 Å². The van der Waals surface area contributed by atoms with Gasteiger partial charge in [-0.2, -0.15) is 0 Å². The summed E-state index contributed by atoms with van der Waals surface area (Å²) in [4.78, 5) is 21.5. The van der Waals surface area contributed by atoms with Crippen molar-refractivity contribution in [2.24, 2.45) is 10.4 Å². The number of nitroso groups, excluding NO2 is 2. The zero-order valence-corrected chi connectivity index (χ0v) is 17.4. The molecule has 0 aliphatic rings. The largest absolute Gasteiger partial charge is 0.508 e.